The zero-order chi connectivity index (χ0) is 20.2. The van der Waals surface area contributed by atoms with E-state index in [9.17, 15) is 9.59 Å². The topological polar surface area (TPSA) is 67.2 Å². The van der Waals surface area contributed by atoms with Crippen LogP contribution in [-0.4, -0.2) is 33.0 Å². The minimum Gasteiger partial charge on any atom is -0.347 e. The number of nitrogens with zero attached hydrogens (tertiary/aromatic N) is 3. The van der Waals surface area contributed by atoms with E-state index in [0.717, 1.165) is 23.1 Å². The Bertz CT molecular complexity index is 1030. The zero-order valence-electron chi connectivity index (χ0n) is 16.5. The van der Waals surface area contributed by atoms with Crippen molar-refractivity contribution in [1.29, 1.82) is 0 Å². The summed E-state index contributed by atoms with van der Waals surface area (Å²) in [6.07, 6.45) is 0.803. The van der Waals surface area contributed by atoms with Crippen LogP contribution in [0, 0.1) is 6.92 Å². The van der Waals surface area contributed by atoms with Crippen molar-refractivity contribution < 1.29 is 9.59 Å². The Morgan fingerprint density at radius 3 is 2.62 bits per heavy atom. The van der Waals surface area contributed by atoms with Gasteiger partial charge in [-0.2, -0.15) is 5.10 Å². The number of aromatic nitrogens is 2. The molecule has 2 heterocycles. The summed E-state index contributed by atoms with van der Waals surface area (Å²) >= 11 is 0. The van der Waals surface area contributed by atoms with Crippen LogP contribution in [0.4, 0.5) is 0 Å². The van der Waals surface area contributed by atoms with Gasteiger partial charge in [-0.15, -0.1) is 0 Å². The molecule has 0 atom stereocenters. The Balaban J connectivity index is 1.48. The molecule has 0 unspecified atom stereocenters. The summed E-state index contributed by atoms with van der Waals surface area (Å²) in [6.45, 7) is 4.30. The summed E-state index contributed by atoms with van der Waals surface area (Å²) in [4.78, 5) is 27.5. The van der Waals surface area contributed by atoms with Crippen LogP contribution in [0.2, 0.25) is 0 Å². The molecule has 0 saturated carbocycles. The average Bonchev–Trinajstić information content (AvgIpc) is 3.11. The van der Waals surface area contributed by atoms with Crippen molar-refractivity contribution in [3.05, 3.63) is 88.7 Å². The van der Waals surface area contributed by atoms with Crippen LogP contribution < -0.4 is 5.32 Å². The number of hydrogen-bond donors (Lipinski definition) is 1. The van der Waals surface area contributed by atoms with Crippen LogP contribution in [0.3, 0.4) is 0 Å². The monoisotopic (exact) mass is 388 g/mol. The molecule has 0 bridgehead atoms. The van der Waals surface area contributed by atoms with Gasteiger partial charge in [0, 0.05) is 32.2 Å². The molecule has 0 aliphatic carbocycles. The molecular formula is C23H24N4O2. The van der Waals surface area contributed by atoms with E-state index in [4.69, 9.17) is 0 Å². The predicted octanol–water partition coefficient (Wildman–Crippen LogP) is 3.17. The highest BCUT2D eigenvalue weighted by atomic mass is 16.2. The lowest BCUT2D eigenvalue weighted by molar-refractivity contribution is 0.0745. The third-order valence-corrected chi connectivity index (χ3v) is 5.23. The van der Waals surface area contributed by atoms with Crippen molar-refractivity contribution in [2.24, 2.45) is 0 Å². The van der Waals surface area contributed by atoms with Crippen LogP contribution in [0.15, 0.2) is 60.7 Å². The molecule has 3 aromatic rings. The average molecular weight is 388 g/mol. The molecule has 2 aromatic carbocycles. The van der Waals surface area contributed by atoms with Gasteiger partial charge in [-0.3, -0.25) is 14.3 Å². The van der Waals surface area contributed by atoms with E-state index < -0.39 is 0 Å². The third-order valence-electron chi connectivity index (χ3n) is 5.23. The molecule has 0 saturated heterocycles. The van der Waals surface area contributed by atoms with E-state index >= 15 is 0 Å². The van der Waals surface area contributed by atoms with E-state index in [2.05, 4.69) is 10.4 Å². The molecule has 0 fully saturated rings. The Kier molecular flexibility index (Phi) is 5.42. The Morgan fingerprint density at radius 1 is 1.07 bits per heavy atom. The molecule has 1 aromatic heterocycles. The quantitative estimate of drug-likeness (QED) is 0.730. The van der Waals surface area contributed by atoms with Gasteiger partial charge in [0.2, 0.25) is 0 Å². The SMILES string of the molecule is Cc1ccccc1CNC(=O)c1cc2n(n1)CCCN(Cc1ccccc1)C2=O. The highest BCUT2D eigenvalue weighted by Crippen LogP contribution is 2.17. The maximum Gasteiger partial charge on any atom is 0.272 e. The lowest BCUT2D eigenvalue weighted by Gasteiger charge is -2.20. The third kappa shape index (κ3) is 4.21. The van der Waals surface area contributed by atoms with Gasteiger partial charge < -0.3 is 10.2 Å². The van der Waals surface area contributed by atoms with Crippen molar-refractivity contribution in [3.8, 4) is 0 Å². The predicted molar refractivity (Wildman–Crippen MR) is 110 cm³/mol. The fourth-order valence-electron chi connectivity index (χ4n) is 3.57. The molecule has 1 aliphatic rings. The van der Waals surface area contributed by atoms with Gasteiger partial charge in [0.25, 0.3) is 11.8 Å². The van der Waals surface area contributed by atoms with Crippen molar-refractivity contribution in [2.45, 2.75) is 33.0 Å². The highest BCUT2D eigenvalue weighted by Gasteiger charge is 2.26. The molecule has 2 amide bonds. The van der Waals surface area contributed by atoms with Gasteiger partial charge in [0.15, 0.2) is 5.69 Å². The van der Waals surface area contributed by atoms with Crippen LogP contribution in [0.5, 0.6) is 0 Å². The first kappa shape index (κ1) is 18.9. The number of benzene rings is 2. The Hall–Kier alpha value is -3.41. The fourth-order valence-corrected chi connectivity index (χ4v) is 3.57. The maximum absolute atomic E-state index is 13.0. The first-order chi connectivity index (χ1) is 14.1. The molecule has 0 spiro atoms. The number of nitrogens with one attached hydrogen (secondary N) is 1. The van der Waals surface area contributed by atoms with E-state index in [-0.39, 0.29) is 17.5 Å². The standard InChI is InChI=1S/C23H24N4O2/c1-17-8-5-6-11-19(17)15-24-22(28)20-14-21-23(29)26(12-7-13-27(21)25-20)16-18-9-3-2-4-10-18/h2-6,8-11,14H,7,12-13,15-16H2,1H3,(H,24,28). The Labute approximate surface area is 170 Å². The van der Waals surface area contributed by atoms with E-state index in [1.54, 1.807) is 10.7 Å². The van der Waals surface area contributed by atoms with Gasteiger partial charge in [0.1, 0.15) is 5.69 Å². The number of amides is 2. The second kappa shape index (κ2) is 8.31. The molecule has 4 rings (SSSR count). The largest absolute Gasteiger partial charge is 0.347 e. The molecule has 148 valence electrons. The smallest absolute Gasteiger partial charge is 0.272 e. The van der Waals surface area contributed by atoms with Crippen LogP contribution >= 0.6 is 0 Å². The first-order valence-electron chi connectivity index (χ1n) is 9.85. The van der Waals surface area contributed by atoms with Gasteiger partial charge in [-0.1, -0.05) is 54.6 Å². The Morgan fingerprint density at radius 2 is 1.83 bits per heavy atom. The summed E-state index contributed by atoms with van der Waals surface area (Å²) in [5, 5.41) is 7.30. The fraction of sp³-hybridized carbons (Fsp3) is 0.261. The van der Waals surface area contributed by atoms with E-state index in [1.807, 2.05) is 66.4 Å². The molecular weight excluding hydrogens is 364 g/mol. The lowest BCUT2D eigenvalue weighted by Crippen LogP contribution is -2.30. The summed E-state index contributed by atoms with van der Waals surface area (Å²) in [5.41, 5.74) is 4.03. The minimum absolute atomic E-state index is 0.0863. The number of aryl methyl sites for hydroxylation is 2. The zero-order valence-corrected chi connectivity index (χ0v) is 16.5. The van der Waals surface area contributed by atoms with Crippen LogP contribution in [0.25, 0.3) is 0 Å². The van der Waals surface area contributed by atoms with Gasteiger partial charge in [0.05, 0.1) is 0 Å². The van der Waals surface area contributed by atoms with Crippen molar-refractivity contribution in [1.82, 2.24) is 20.0 Å². The van der Waals surface area contributed by atoms with Crippen LogP contribution in [0.1, 0.15) is 44.1 Å². The van der Waals surface area contributed by atoms with Crippen LogP contribution in [-0.2, 0) is 19.6 Å². The molecule has 6 nitrogen and oxygen atoms in total. The number of hydrogen-bond acceptors (Lipinski definition) is 3. The molecule has 29 heavy (non-hydrogen) atoms. The summed E-state index contributed by atoms with van der Waals surface area (Å²) in [6, 6.07) is 19.5. The number of fused-ring (bicyclic) bond motifs is 1. The molecule has 0 radical (unpaired) electrons. The first-order valence-corrected chi connectivity index (χ1v) is 9.85. The molecule has 1 aliphatic heterocycles. The number of rotatable bonds is 5. The van der Waals surface area contributed by atoms with Crippen molar-refractivity contribution >= 4 is 11.8 Å². The van der Waals surface area contributed by atoms with E-state index in [0.29, 0.717) is 31.9 Å². The number of carbonyl (C=O) groups excluding carboxylic acids is 2. The summed E-state index contributed by atoms with van der Waals surface area (Å²) < 4.78 is 1.66. The van der Waals surface area contributed by atoms with Gasteiger partial charge >= 0.3 is 0 Å². The van der Waals surface area contributed by atoms with Gasteiger partial charge in [-0.25, -0.2) is 0 Å². The number of carbonyl (C=O) groups is 2. The molecule has 1 N–H and O–H groups in total. The summed E-state index contributed by atoms with van der Waals surface area (Å²) in [5.74, 6) is -0.354. The van der Waals surface area contributed by atoms with Crippen molar-refractivity contribution in [2.75, 3.05) is 6.54 Å². The molecule has 6 heteroatoms. The second-order valence-corrected chi connectivity index (χ2v) is 7.31. The minimum atomic E-state index is -0.267. The van der Waals surface area contributed by atoms with Gasteiger partial charge in [-0.05, 0) is 30.0 Å². The lowest BCUT2D eigenvalue weighted by atomic mass is 10.1. The summed E-state index contributed by atoms with van der Waals surface area (Å²) in [7, 11) is 0. The normalized spacial score (nSPS) is 13.7. The highest BCUT2D eigenvalue weighted by molar-refractivity contribution is 5.98. The maximum atomic E-state index is 13.0. The van der Waals surface area contributed by atoms with E-state index in [1.165, 1.54) is 0 Å². The second-order valence-electron chi connectivity index (χ2n) is 7.31. The van der Waals surface area contributed by atoms with Crippen molar-refractivity contribution in [3.63, 3.8) is 0 Å².